The molecule has 0 aromatic heterocycles. The van der Waals surface area contributed by atoms with Crippen molar-refractivity contribution in [1.29, 1.82) is 5.26 Å². The van der Waals surface area contributed by atoms with E-state index in [9.17, 15) is 4.79 Å². The van der Waals surface area contributed by atoms with Gasteiger partial charge in [-0.3, -0.25) is 4.79 Å². The molecule has 78 valence electrons. The van der Waals surface area contributed by atoms with Crippen molar-refractivity contribution in [1.82, 2.24) is 4.90 Å². The SMILES string of the molecule is CC1(C)CCCN(C(=O)CC#N)CC1. The predicted octanol–water partition coefficient (Wildman–Crippen LogP) is 1.94. The van der Waals surface area contributed by atoms with Crippen LogP contribution >= 0.6 is 0 Å². The van der Waals surface area contributed by atoms with Crippen LogP contribution in [0.2, 0.25) is 0 Å². The van der Waals surface area contributed by atoms with Gasteiger partial charge in [-0.2, -0.15) is 5.26 Å². The molecule has 0 N–H and O–H groups in total. The number of hydrogen-bond donors (Lipinski definition) is 0. The van der Waals surface area contributed by atoms with Crippen LogP contribution in [0.5, 0.6) is 0 Å². The van der Waals surface area contributed by atoms with Crippen molar-refractivity contribution in [3.05, 3.63) is 0 Å². The summed E-state index contributed by atoms with van der Waals surface area (Å²) in [5.41, 5.74) is 0.349. The van der Waals surface area contributed by atoms with Crippen LogP contribution in [-0.2, 0) is 4.79 Å². The van der Waals surface area contributed by atoms with Crippen molar-refractivity contribution in [3.63, 3.8) is 0 Å². The van der Waals surface area contributed by atoms with E-state index in [0.717, 1.165) is 25.9 Å². The Bertz CT molecular complexity index is 253. The monoisotopic (exact) mass is 194 g/mol. The van der Waals surface area contributed by atoms with Crippen molar-refractivity contribution < 1.29 is 4.79 Å². The van der Waals surface area contributed by atoms with Gasteiger partial charge in [-0.1, -0.05) is 13.8 Å². The van der Waals surface area contributed by atoms with Gasteiger partial charge >= 0.3 is 0 Å². The van der Waals surface area contributed by atoms with Crippen LogP contribution in [0.1, 0.15) is 39.5 Å². The maximum atomic E-state index is 11.5. The Kier molecular flexibility index (Phi) is 3.51. The first-order chi connectivity index (χ1) is 6.55. The molecule has 0 aromatic carbocycles. The van der Waals surface area contributed by atoms with Gasteiger partial charge in [0.2, 0.25) is 5.91 Å². The molecule has 3 heteroatoms. The second-order valence-electron chi connectivity index (χ2n) is 4.73. The Hall–Kier alpha value is -1.04. The fraction of sp³-hybridized carbons (Fsp3) is 0.818. The van der Waals surface area contributed by atoms with Crippen molar-refractivity contribution in [2.24, 2.45) is 5.41 Å². The number of amides is 1. The summed E-state index contributed by atoms with van der Waals surface area (Å²) < 4.78 is 0. The summed E-state index contributed by atoms with van der Waals surface area (Å²) >= 11 is 0. The summed E-state index contributed by atoms with van der Waals surface area (Å²) in [6.45, 7) is 6.12. The number of nitrogens with zero attached hydrogens (tertiary/aromatic N) is 2. The Morgan fingerprint density at radius 1 is 1.43 bits per heavy atom. The number of likely N-dealkylation sites (tertiary alicyclic amines) is 1. The van der Waals surface area contributed by atoms with Gasteiger partial charge in [0.05, 0.1) is 6.07 Å². The van der Waals surface area contributed by atoms with E-state index in [0.29, 0.717) is 5.41 Å². The van der Waals surface area contributed by atoms with Gasteiger partial charge in [-0.15, -0.1) is 0 Å². The lowest BCUT2D eigenvalue weighted by atomic mass is 9.85. The number of nitriles is 1. The van der Waals surface area contributed by atoms with Crippen molar-refractivity contribution >= 4 is 5.91 Å². The molecule has 1 aliphatic heterocycles. The molecule has 14 heavy (non-hydrogen) atoms. The summed E-state index contributed by atoms with van der Waals surface area (Å²) in [7, 11) is 0. The third kappa shape index (κ3) is 3.02. The maximum absolute atomic E-state index is 11.5. The van der Waals surface area contributed by atoms with E-state index in [1.165, 1.54) is 6.42 Å². The van der Waals surface area contributed by atoms with E-state index in [2.05, 4.69) is 13.8 Å². The summed E-state index contributed by atoms with van der Waals surface area (Å²) in [6.07, 6.45) is 3.30. The van der Waals surface area contributed by atoms with Crippen LogP contribution < -0.4 is 0 Å². The first kappa shape index (κ1) is 11.0. The summed E-state index contributed by atoms with van der Waals surface area (Å²) in [5.74, 6) is -0.00907. The zero-order valence-electron chi connectivity index (χ0n) is 9.05. The van der Waals surface area contributed by atoms with E-state index in [1.54, 1.807) is 0 Å². The molecule has 0 bridgehead atoms. The molecule has 1 fully saturated rings. The molecule has 0 radical (unpaired) electrons. The predicted molar refractivity (Wildman–Crippen MR) is 54.4 cm³/mol. The van der Waals surface area contributed by atoms with Gasteiger partial charge in [-0.25, -0.2) is 0 Å². The second-order valence-corrected chi connectivity index (χ2v) is 4.73. The lowest BCUT2D eigenvalue weighted by molar-refractivity contribution is -0.130. The maximum Gasteiger partial charge on any atom is 0.236 e. The van der Waals surface area contributed by atoms with E-state index in [4.69, 9.17) is 5.26 Å². The minimum Gasteiger partial charge on any atom is -0.342 e. The first-order valence-electron chi connectivity index (χ1n) is 5.20. The van der Waals surface area contributed by atoms with Crippen LogP contribution in [0, 0.1) is 16.7 Å². The summed E-state index contributed by atoms with van der Waals surface area (Å²) in [6, 6.07) is 1.91. The van der Waals surface area contributed by atoms with Gasteiger partial charge in [-0.05, 0) is 24.7 Å². The van der Waals surface area contributed by atoms with E-state index < -0.39 is 0 Å². The molecule has 1 amide bonds. The fourth-order valence-corrected chi connectivity index (χ4v) is 1.85. The zero-order valence-corrected chi connectivity index (χ0v) is 9.05. The third-order valence-corrected chi connectivity index (χ3v) is 2.92. The van der Waals surface area contributed by atoms with E-state index in [-0.39, 0.29) is 12.3 Å². The molecule has 1 aliphatic rings. The largest absolute Gasteiger partial charge is 0.342 e. The Balaban J connectivity index is 2.50. The highest BCUT2D eigenvalue weighted by Gasteiger charge is 2.24. The molecule has 0 spiro atoms. The number of carbonyl (C=O) groups excluding carboxylic acids is 1. The fourth-order valence-electron chi connectivity index (χ4n) is 1.85. The van der Waals surface area contributed by atoms with Crippen LogP contribution in [-0.4, -0.2) is 23.9 Å². The minimum atomic E-state index is -0.00907. The van der Waals surface area contributed by atoms with Crippen LogP contribution in [0.25, 0.3) is 0 Å². The van der Waals surface area contributed by atoms with Crippen molar-refractivity contribution in [2.75, 3.05) is 13.1 Å². The molecular formula is C11H18N2O. The quantitative estimate of drug-likeness (QED) is 0.640. The highest BCUT2D eigenvalue weighted by molar-refractivity contribution is 5.78. The first-order valence-corrected chi connectivity index (χ1v) is 5.20. The lowest BCUT2D eigenvalue weighted by Gasteiger charge is -2.22. The Morgan fingerprint density at radius 2 is 2.14 bits per heavy atom. The minimum absolute atomic E-state index is 0.00907. The number of hydrogen-bond acceptors (Lipinski definition) is 2. The van der Waals surface area contributed by atoms with Gasteiger partial charge < -0.3 is 4.90 Å². The second kappa shape index (κ2) is 4.45. The highest BCUT2D eigenvalue weighted by atomic mass is 16.2. The van der Waals surface area contributed by atoms with Gasteiger partial charge in [0.15, 0.2) is 0 Å². The molecule has 0 unspecified atom stereocenters. The van der Waals surface area contributed by atoms with Crippen LogP contribution in [0.3, 0.4) is 0 Å². The third-order valence-electron chi connectivity index (χ3n) is 2.92. The standard InChI is InChI=1S/C11H18N2O/c1-11(2)5-3-8-13(9-6-11)10(14)4-7-12/h3-6,8-9H2,1-2H3. The van der Waals surface area contributed by atoms with E-state index >= 15 is 0 Å². The van der Waals surface area contributed by atoms with Gasteiger partial charge in [0, 0.05) is 13.1 Å². The molecule has 0 aromatic rings. The molecule has 1 saturated heterocycles. The summed E-state index contributed by atoms with van der Waals surface area (Å²) in [5, 5.41) is 8.44. The normalized spacial score (nSPS) is 21.1. The van der Waals surface area contributed by atoms with Crippen molar-refractivity contribution in [2.45, 2.75) is 39.5 Å². The van der Waals surface area contributed by atoms with Gasteiger partial charge in [0.1, 0.15) is 6.42 Å². The topological polar surface area (TPSA) is 44.1 Å². The highest BCUT2D eigenvalue weighted by Crippen LogP contribution is 2.29. The smallest absolute Gasteiger partial charge is 0.236 e. The average Bonchev–Trinajstić information content (AvgIpc) is 2.27. The molecular weight excluding hydrogens is 176 g/mol. The molecule has 0 saturated carbocycles. The lowest BCUT2D eigenvalue weighted by Crippen LogP contribution is -2.31. The zero-order chi connectivity index (χ0) is 10.6. The van der Waals surface area contributed by atoms with Crippen LogP contribution in [0.4, 0.5) is 0 Å². The van der Waals surface area contributed by atoms with Crippen LogP contribution in [0.15, 0.2) is 0 Å². The molecule has 3 nitrogen and oxygen atoms in total. The molecule has 0 atom stereocenters. The Morgan fingerprint density at radius 3 is 2.79 bits per heavy atom. The molecule has 1 heterocycles. The molecule has 0 aliphatic carbocycles. The summed E-state index contributed by atoms with van der Waals surface area (Å²) in [4.78, 5) is 13.3. The Labute approximate surface area is 85.7 Å². The number of carbonyl (C=O) groups is 1. The van der Waals surface area contributed by atoms with Crippen molar-refractivity contribution in [3.8, 4) is 6.07 Å². The number of rotatable bonds is 1. The van der Waals surface area contributed by atoms with E-state index in [1.807, 2.05) is 11.0 Å². The molecule has 1 rings (SSSR count). The average molecular weight is 194 g/mol. The van der Waals surface area contributed by atoms with Gasteiger partial charge in [0.25, 0.3) is 0 Å².